The maximum Gasteiger partial charge on any atom is 0.254 e. The van der Waals surface area contributed by atoms with Crippen molar-refractivity contribution in [1.82, 2.24) is 14.7 Å². The second-order valence-corrected chi connectivity index (χ2v) is 8.10. The molecule has 2 fully saturated rings. The summed E-state index contributed by atoms with van der Waals surface area (Å²) in [6, 6.07) is 5.40. The third kappa shape index (κ3) is 3.68. The second-order valence-electron chi connectivity index (χ2n) is 8.10. The predicted molar refractivity (Wildman–Crippen MR) is 105 cm³/mol. The number of ether oxygens (including phenoxy) is 2. The molecule has 4 rings (SSSR count). The van der Waals surface area contributed by atoms with Crippen LogP contribution in [-0.2, 0) is 4.79 Å². The van der Waals surface area contributed by atoms with Crippen LogP contribution in [0.3, 0.4) is 0 Å². The van der Waals surface area contributed by atoms with Gasteiger partial charge in [-0.25, -0.2) is 0 Å². The van der Waals surface area contributed by atoms with Crippen LogP contribution in [0.15, 0.2) is 18.2 Å². The molecule has 0 N–H and O–H groups in total. The van der Waals surface area contributed by atoms with Gasteiger partial charge in [0.15, 0.2) is 11.5 Å². The first-order chi connectivity index (χ1) is 13.5. The summed E-state index contributed by atoms with van der Waals surface area (Å²) in [6.45, 7) is 2.36. The Morgan fingerprint density at radius 2 is 1.79 bits per heavy atom. The smallest absolute Gasteiger partial charge is 0.254 e. The molecule has 0 bridgehead atoms. The molecule has 1 aromatic carbocycles. The van der Waals surface area contributed by atoms with Crippen molar-refractivity contribution in [2.75, 3.05) is 40.5 Å². The van der Waals surface area contributed by atoms with E-state index in [1.165, 1.54) is 0 Å². The lowest BCUT2D eigenvalue weighted by atomic mass is 10.1. The summed E-state index contributed by atoms with van der Waals surface area (Å²) in [5.41, 5.74) is 0.549. The lowest BCUT2D eigenvalue weighted by molar-refractivity contribution is -0.135. The van der Waals surface area contributed by atoms with E-state index < -0.39 is 0 Å². The molecule has 2 amide bonds. The summed E-state index contributed by atoms with van der Waals surface area (Å²) in [4.78, 5) is 32.3. The first-order valence-corrected chi connectivity index (χ1v) is 10.2. The highest BCUT2D eigenvalue weighted by Crippen LogP contribution is 2.33. The number of nitrogens with zero attached hydrogens (tertiary/aromatic N) is 3. The molecular weight excluding hydrogens is 358 g/mol. The molecule has 7 heteroatoms. The van der Waals surface area contributed by atoms with E-state index >= 15 is 0 Å². The van der Waals surface area contributed by atoms with E-state index in [-0.39, 0.29) is 24.6 Å². The fraction of sp³-hybridized carbons (Fsp3) is 0.619. The summed E-state index contributed by atoms with van der Waals surface area (Å²) < 4.78 is 10.7. The molecule has 2 unspecified atom stereocenters. The largest absolute Gasteiger partial charge is 0.454 e. The Bertz CT molecular complexity index is 751. The van der Waals surface area contributed by atoms with Crippen molar-refractivity contribution in [2.45, 2.75) is 44.2 Å². The third-order valence-corrected chi connectivity index (χ3v) is 6.16. The minimum absolute atomic E-state index is 0.102. The summed E-state index contributed by atoms with van der Waals surface area (Å²) in [6.07, 6.45) is 4.71. The average Bonchev–Trinajstić information content (AvgIpc) is 3.29. The predicted octanol–water partition coefficient (Wildman–Crippen LogP) is 1.96. The number of carbonyl (C=O) groups excluding carboxylic acids is 2. The van der Waals surface area contributed by atoms with Crippen molar-refractivity contribution in [1.29, 1.82) is 0 Å². The molecule has 7 nitrogen and oxygen atoms in total. The standard InChI is InChI=1S/C21H29N3O4/c1-22(2)16-5-3-10-23(12-9-16)21(26)17-6-4-11-24(17)20(25)15-7-8-18-19(13-15)28-14-27-18/h7-8,13,16-17H,3-6,9-12,14H2,1-2H3. The summed E-state index contributed by atoms with van der Waals surface area (Å²) in [5.74, 6) is 1.25. The van der Waals surface area contributed by atoms with Crippen molar-refractivity contribution in [3.63, 3.8) is 0 Å². The van der Waals surface area contributed by atoms with Gasteiger partial charge < -0.3 is 24.2 Å². The quantitative estimate of drug-likeness (QED) is 0.794. The number of rotatable bonds is 3. The molecule has 0 saturated carbocycles. The highest BCUT2D eigenvalue weighted by atomic mass is 16.7. The number of benzene rings is 1. The van der Waals surface area contributed by atoms with Crippen LogP contribution in [0.25, 0.3) is 0 Å². The van der Waals surface area contributed by atoms with Gasteiger partial charge in [0.25, 0.3) is 5.91 Å². The van der Waals surface area contributed by atoms with Gasteiger partial charge in [0, 0.05) is 31.2 Å². The van der Waals surface area contributed by atoms with Gasteiger partial charge in [-0.05, 0) is 64.4 Å². The number of carbonyl (C=O) groups is 2. The van der Waals surface area contributed by atoms with Gasteiger partial charge in [-0.15, -0.1) is 0 Å². The molecule has 2 saturated heterocycles. The number of likely N-dealkylation sites (tertiary alicyclic amines) is 2. The number of hydrogen-bond donors (Lipinski definition) is 0. The summed E-state index contributed by atoms with van der Waals surface area (Å²) in [5, 5.41) is 0. The Hall–Kier alpha value is -2.28. The Morgan fingerprint density at radius 1 is 1.00 bits per heavy atom. The zero-order valence-electron chi connectivity index (χ0n) is 16.7. The first kappa shape index (κ1) is 19.1. The molecular formula is C21H29N3O4. The van der Waals surface area contributed by atoms with Gasteiger partial charge in [-0.2, -0.15) is 0 Å². The van der Waals surface area contributed by atoms with Gasteiger partial charge >= 0.3 is 0 Å². The van der Waals surface area contributed by atoms with Crippen LogP contribution in [0.5, 0.6) is 11.5 Å². The third-order valence-electron chi connectivity index (χ3n) is 6.16. The van der Waals surface area contributed by atoms with E-state index in [0.717, 1.165) is 45.2 Å². The second kappa shape index (κ2) is 7.99. The number of hydrogen-bond acceptors (Lipinski definition) is 5. The van der Waals surface area contributed by atoms with Gasteiger partial charge in [0.05, 0.1) is 0 Å². The highest BCUT2D eigenvalue weighted by Gasteiger charge is 2.37. The van der Waals surface area contributed by atoms with Crippen LogP contribution in [0.2, 0.25) is 0 Å². The molecule has 0 aromatic heterocycles. The molecule has 0 spiro atoms. The van der Waals surface area contributed by atoms with Gasteiger partial charge in [0.1, 0.15) is 6.04 Å². The van der Waals surface area contributed by atoms with Crippen LogP contribution in [0, 0.1) is 0 Å². The van der Waals surface area contributed by atoms with Crippen molar-refractivity contribution in [3.8, 4) is 11.5 Å². The SMILES string of the molecule is CN(C)C1CCCN(C(=O)C2CCCN2C(=O)c2ccc3c(c2)OCO3)CC1. The Kier molecular flexibility index (Phi) is 5.44. The van der Waals surface area contributed by atoms with Crippen LogP contribution < -0.4 is 9.47 Å². The van der Waals surface area contributed by atoms with E-state index in [4.69, 9.17) is 9.47 Å². The molecule has 28 heavy (non-hydrogen) atoms. The summed E-state index contributed by atoms with van der Waals surface area (Å²) >= 11 is 0. The van der Waals surface area contributed by atoms with Crippen molar-refractivity contribution < 1.29 is 19.1 Å². The normalized spacial score (nSPS) is 24.5. The van der Waals surface area contributed by atoms with Gasteiger partial charge in [-0.3, -0.25) is 9.59 Å². The fourth-order valence-electron chi connectivity index (χ4n) is 4.49. The van der Waals surface area contributed by atoms with Crippen LogP contribution in [0.1, 0.15) is 42.5 Å². The zero-order chi connectivity index (χ0) is 19.7. The molecule has 1 aromatic rings. The molecule has 152 valence electrons. The van der Waals surface area contributed by atoms with Crippen molar-refractivity contribution >= 4 is 11.8 Å². The maximum absolute atomic E-state index is 13.2. The van der Waals surface area contributed by atoms with Gasteiger partial charge in [0.2, 0.25) is 12.7 Å². The average molecular weight is 387 g/mol. The molecule has 3 aliphatic rings. The van der Waals surface area contributed by atoms with Crippen LogP contribution in [0.4, 0.5) is 0 Å². The maximum atomic E-state index is 13.2. The van der Waals surface area contributed by atoms with E-state index in [9.17, 15) is 9.59 Å². The lowest BCUT2D eigenvalue weighted by Crippen LogP contribution is -2.48. The lowest BCUT2D eigenvalue weighted by Gasteiger charge is -2.30. The number of amides is 2. The molecule has 2 atom stereocenters. The Balaban J connectivity index is 1.45. The van der Waals surface area contributed by atoms with E-state index in [1.807, 2.05) is 4.90 Å². The van der Waals surface area contributed by atoms with E-state index in [0.29, 0.717) is 29.6 Å². The molecule has 3 heterocycles. The first-order valence-electron chi connectivity index (χ1n) is 10.2. The van der Waals surface area contributed by atoms with Crippen molar-refractivity contribution in [3.05, 3.63) is 23.8 Å². The van der Waals surface area contributed by atoms with Crippen molar-refractivity contribution in [2.24, 2.45) is 0 Å². The van der Waals surface area contributed by atoms with E-state index in [1.54, 1.807) is 23.1 Å². The minimum atomic E-state index is -0.353. The molecule has 3 aliphatic heterocycles. The Labute approximate surface area is 166 Å². The molecule has 0 aliphatic carbocycles. The number of fused-ring (bicyclic) bond motifs is 1. The minimum Gasteiger partial charge on any atom is -0.454 e. The Morgan fingerprint density at radius 3 is 2.61 bits per heavy atom. The highest BCUT2D eigenvalue weighted by molar-refractivity contribution is 5.98. The fourth-order valence-corrected chi connectivity index (χ4v) is 4.49. The van der Waals surface area contributed by atoms with Gasteiger partial charge in [-0.1, -0.05) is 0 Å². The zero-order valence-corrected chi connectivity index (χ0v) is 16.7. The van der Waals surface area contributed by atoms with Crippen LogP contribution >= 0.6 is 0 Å². The topological polar surface area (TPSA) is 62.3 Å². The van der Waals surface area contributed by atoms with E-state index in [2.05, 4.69) is 19.0 Å². The monoisotopic (exact) mass is 387 g/mol. The van der Waals surface area contributed by atoms with Crippen LogP contribution in [-0.4, -0.2) is 79.1 Å². The summed E-state index contributed by atoms with van der Waals surface area (Å²) in [7, 11) is 4.20. The molecule has 0 radical (unpaired) electrons.